The standard InChI is InChI=1S/C25H17ClN2O5S2/c1-35(32,33)17-11-12-18-19(13-17)34-25(27-18)28-21(14-7-9-16(26)10-8-14)20(23(30)24(28)31)22(29)15-5-3-2-4-6-15/h2-13,21,29H,1H3. The van der Waals surface area contributed by atoms with Crippen LogP contribution in [-0.2, 0) is 19.4 Å². The van der Waals surface area contributed by atoms with Crippen LogP contribution in [0.5, 0.6) is 0 Å². The number of rotatable bonds is 4. The molecule has 35 heavy (non-hydrogen) atoms. The van der Waals surface area contributed by atoms with E-state index < -0.39 is 27.6 Å². The fourth-order valence-electron chi connectivity index (χ4n) is 3.97. The number of benzene rings is 3. The Morgan fingerprint density at radius 2 is 1.71 bits per heavy atom. The second-order valence-electron chi connectivity index (χ2n) is 7.98. The lowest BCUT2D eigenvalue weighted by Gasteiger charge is -2.23. The molecule has 0 bridgehead atoms. The quantitative estimate of drug-likeness (QED) is 0.229. The van der Waals surface area contributed by atoms with Gasteiger partial charge in [0.1, 0.15) is 5.76 Å². The third-order valence-electron chi connectivity index (χ3n) is 5.66. The largest absolute Gasteiger partial charge is 0.507 e. The summed E-state index contributed by atoms with van der Waals surface area (Å²) in [4.78, 5) is 32.4. The average Bonchev–Trinajstić information content (AvgIpc) is 3.37. The van der Waals surface area contributed by atoms with Crippen molar-refractivity contribution in [2.75, 3.05) is 11.2 Å². The molecule has 1 aliphatic heterocycles. The Balaban J connectivity index is 1.72. The second kappa shape index (κ2) is 8.60. The van der Waals surface area contributed by atoms with Crippen LogP contribution in [0.3, 0.4) is 0 Å². The summed E-state index contributed by atoms with van der Waals surface area (Å²) in [5, 5.41) is 11.8. The van der Waals surface area contributed by atoms with E-state index in [2.05, 4.69) is 4.98 Å². The van der Waals surface area contributed by atoms with E-state index in [1.807, 2.05) is 0 Å². The number of sulfone groups is 1. The van der Waals surface area contributed by atoms with E-state index >= 15 is 0 Å². The Bertz CT molecular complexity index is 1630. The number of thiazole rings is 1. The lowest BCUT2D eigenvalue weighted by Crippen LogP contribution is -2.29. The maximum absolute atomic E-state index is 13.3. The van der Waals surface area contributed by atoms with Gasteiger partial charge in [-0.3, -0.25) is 14.5 Å². The third kappa shape index (κ3) is 4.12. The molecule has 1 aromatic heterocycles. The summed E-state index contributed by atoms with van der Waals surface area (Å²) in [6.45, 7) is 0. The predicted molar refractivity (Wildman–Crippen MR) is 135 cm³/mol. The van der Waals surface area contributed by atoms with E-state index in [4.69, 9.17) is 11.6 Å². The van der Waals surface area contributed by atoms with Gasteiger partial charge in [-0.15, -0.1) is 0 Å². The molecule has 1 aliphatic rings. The van der Waals surface area contributed by atoms with Crippen molar-refractivity contribution in [1.82, 2.24) is 4.98 Å². The minimum atomic E-state index is -3.44. The average molecular weight is 525 g/mol. The van der Waals surface area contributed by atoms with Crippen LogP contribution in [-0.4, -0.2) is 36.5 Å². The van der Waals surface area contributed by atoms with Gasteiger partial charge in [0.15, 0.2) is 15.0 Å². The molecular formula is C25H17ClN2O5S2. The maximum Gasteiger partial charge on any atom is 0.301 e. The normalized spacial score (nSPS) is 17.9. The van der Waals surface area contributed by atoms with Crippen LogP contribution >= 0.6 is 22.9 Å². The van der Waals surface area contributed by atoms with Gasteiger partial charge < -0.3 is 5.11 Å². The maximum atomic E-state index is 13.3. The summed E-state index contributed by atoms with van der Waals surface area (Å²) >= 11 is 7.15. The van der Waals surface area contributed by atoms with E-state index in [0.717, 1.165) is 17.6 Å². The molecule has 7 nitrogen and oxygen atoms in total. The lowest BCUT2D eigenvalue weighted by atomic mass is 9.95. The minimum Gasteiger partial charge on any atom is -0.507 e. The molecule has 1 atom stereocenters. The molecule has 4 aromatic rings. The Morgan fingerprint density at radius 1 is 1.03 bits per heavy atom. The number of anilines is 1. The number of carbonyl (C=O) groups excluding carboxylic acids is 2. The number of halogens is 1. The van der Waals surface area contributed by atoms with E-state index in [9.17, 15) is 23.1 Å². The molecule has 176 valence electrons. The van der Waals surface area contributed by atoms with E-state index in [1.165, 1.54) is 17.0 Å². The van der Waals surface area contributed by atoms with Crippen molar-refractivity contribution in [2.24, 2.45) is 0 Å². The number of amides is 1. The number of aliphatic hydroxyl groups excluding tert-OH is 1. The highest BCUT2D eigenvalue weighted by atomic mass is 35.5. The van der Waals surface area contributed by atoms with Crippen molar-refractivity contribution in [2.45, 2.75) is 10.9 Å². The van der Waals surface area contributed by atoms with Gasteiger partial charge in [-0.05, 0) is 35.9 Å². The topological polar surface area (TPSA) is 105 Å². The van der Waals surface area contributed by atoms with Crippen LogP contribution < -0.4 is 4.90 Å². The summed E-state index contributed by atoms with van der Waals surface area (Å²) in [5.41, 5.74) is 1.37. The Hall–Kier alpha value is -3.53. The van der Waals surface area contributed by atoms with Crippen LogP contribution in [0.1, 0.15) is 17.2 Å². The number of hydrogen-bond donors (Lipinski definition) is 1. The number of Topliss-reactive ketones (excluding diaryl/α,β-unsaturated/α-hetero) is 1. The molecular weight excluding hydrogens is 508 g/mol. The molecule has 1 amide bonds. The Kier molecular flexibility index (Phi) is 5.71. The van der Waals surface area contributed by atoms with Crippen LogP contribution in [0.4, 0.5) is 5.13 Å². The molecule has 2 heterocycles. The fourth-order valence-corrected chi connectivity index (χ4v) is 5.85. The van der Waals surface area contributed by atoms with Gasteiger partial charge in [0.25, 0.3) is 5.78 Å². The zero-order valence-electron chi connectivity index (χ0n) is 18.2. The molecule has 1 unspecified atom stereocenters. The van der Waals surface area contributed by atoms with E-state index in [-0.39, 0.29) is 21.4 Å². The van der Waals surface area contributed by atoms with Gasteiger partial charge in [0, 0.05) is 16.8 Å². The van der Waals surface area contributed by atoms with Crippen molar-refractivity contribution in [3.05, 3.63) is 94.5 Å². The Morgan fingerprint density at radius 3 is 2.37 bits per heavy atom. The first-order chi connectivity index (χ1) is 16.6. The molecule has 1 fully saturated rings. The number of carbonyl (C=O) groups is 2. The molecule has 0 aliphatic carbocycles. The fraction of sp³-hybridized carbons (Fsp3) is 0.0800. The van der Waals surface area contributed by atoms with Gasteiger partial charge >= 0.3 is 5.91 Å². The highest BCUT2D eigenvalue weighted by Crippen LogP contribution is 2.44. The Labute approximate surface area is 209 Å². The van der Waals surface area contributed by atoms with Crippen molar-refractivity contribution < 1.29 is 23.1 Å². The van der Waals surface area contributed by atoms with Crippen LogP contribution in [0.15, 0.2) is 83.3 Å². The number of aliphatic hydroxyl groups is 1. The number of aromatic nitrogens is 1. The number of nitrogens with zero attached hydrogens (tertiary/aromatic N) is 2. The molecule has 0 spiro atoms. The first-order valence-corrected chi connectivity index (χ1v) is 13.5. The lowest BCUT2D eigenvalue weighted by molar-refractivity contribution is -0.132. The van der Waals surface area contributed by atoms with E-state index in [0.29, 0.717) is 26.4 Å². The third-order valence-corrected chi connectivity index (χ3v) is 8.04. The molecule has 3 aromatic carbocycles. The van der Waals surface area contributed by atoms with Crippen LogP contribution in [0.2, 0.25) is 5.02 Å². The van der Waals surface area contributed by atoms with Crippen LogP contribution in [0, 0.1) is 0 Å². The van der Waals surface area contributed by atoms with E-state index in [1.54, 1.807) is 60.7 Å². The molecule has 1 N–H and O–H groups in total. The number of hydrogen-bond acceptors (Lipinski definition) is 7. The zero-order valence-corrected chi connectivity index (χ0v) is 20.6. The first-order valence-electron chi connectivity index (χ1n) is 10.4. The molecule has 0 radical (unpaired) electrons. The monoisotopic (exact) mass is 524 g/mol. The molecule has 0 saturated carbocycles. The summed E-state index contributed by atoms with van der Waals surface area (Å²) in [7, 11) is -3.44. The predicted octanol–water partition coefficient (Wildman–Crippen LogP) is 4.98. The molecule has 5 rings (SSSR count). The highest BCUT2D eigenvalue weighted by molar-refractivity contribution is 7.90. The van der Waals surface area contributed by atoms with Crippen molar-refractivity contribution in [1.29, 1.82) is 0 Å². The van der Waals surface area contributed by atoms with Gasteiger partial charge in [0.05, 0.1) is 26.7 Å². The SMILES string of the molecule is CS(=O)(=O)c1ccc2nc(N3C(=O)C(=O)C(=C(O)c4ccccc4)C3c3ccc(Cl)cc3)sc2c1. The van der Waals surface area contributed by atoms with Gasteiger partial charge in [-0.25, -0.2) is 13.4 Å². The first kappa shape index (κ1) is 23.2. The van der Waals surface area contributed by atoms with Gasteiger partial charge in [-0.2, -0.15) is 0 Å². The summed E-state index contributed by atoms with van der Waals surface area (Å²) in [6.07, 6.45) is 1.11. The summed E-state index contributed by atoms with van der Waals surface area (Å²) in [5.74, 6) is -1.99. The van der Waals surface area contributed by atoms with Crippen molar-refractivity contribution >= 4 is 65.6 Å². The number of fused-ring (bicyclic) bond motifs is 1. The van der Waals surface area contributed by atoms with Crippen LogP contribution in [0.25, 0.3) is 16.0 Å². The summed E-state index contributed by atoms with van der Waals surface area (Å²) < 4.78 is 24.5. The zero-order chi connectivity index (χ0) is 24.9. The number of ketones is 1. The van der Waals surface area contributed by atoms with Crippen molar-refractivity contribution in [3.8, 4) is 0 Å². The highest BCUT2D eigenvalue weighted by Gasteiger charge is 2.48. The smallest absolute Gasteiger partial charge is 0.301 e. The summed E-state index contributed by atoms with van der Waals surface area (Å²) in [6, 6.07) is 18.7. The molecule has 10 heteroatoms. The molecule has 1 saturated heterocycles. The van der Waals surface area contributed by atoms with Gasteiger partial charge in [0.2, 0.25) is 0 Å². The minimum absolute atomic E-state index is 0.0698. The van der Waals surface area contributed by atoms with Crippen molar-refractivity contribution in [3.63, 3.8) is 0 Å². The second-order valence-corrected chi connectivity index (χ2v) is 11.4. The van der Waals surface area contributed by atoms with Gasteiger partial charge in [-0.1, -0.05) is 65.4 Å².